The number of rotatable bonds is 7. The summed E-state index contributed by atoms with van der Waals surface area (Å²) in [5.74, 6) is -0.164. The van der Waals surface area contributed by atoms with E-state index in [0.29, 0.717) is 13.0 Å². The molecule has 0 spiro atoms. The molecule has 19 heavy (non-hydrogen) atoms. The number of aromatic hydroxyl groups is 1. The largest absolute Gasteiger partial charge is 0.508 e. The lowest BCUT2D eigenvalue weighted by molar-refractivity contribution is -0.161. The molecule has 4 nitrogen and oxygen atoms in total. The van der Waals surface area contributed by atoms with Gasteiger partial charge in [0.1, 0.15) is 5.75 Å². The zero-order valence-electron chi connectivity index (χ0n) is 11.8. The molecule has 0 saturated heterocycles. The molecular formula is C15H22O4. The quantitative estimate of drug-likeness (QED) is 0.771. The van der Waals surface area contributed by atoms with E-state index in [1.165, 1.54) is 0 Å². The first-order valence-corrected chi connectivity index (χ1v) is 6.66. The molecule has 2 atom stereocenters. The van der Waals surface area contributed by atoms with Gasteiger partial charge in [-0.25, -0.2) is 4.79 Å². The predicted molar refractivity (Wildman–Crippen MR) is 73.1 cm³/mol. The van der Waals surface area contributed by atoms with Crippen LogP contribution in [0, 0.1) is 0 Å². The second-order valence-corrected chi connectivity index (χ2v) is 4.47. The molecule has 0 aliphatic carbocycles. The second-order valence-electron chi connectivity index (χ2n) is 4.47. The summed E-state index contributed by atoms with van der Waals surface area (Å²) < 4.78 is 10.7. The van der Waals surface area contributed by atoms with Crippen LogP contribution in [0.3, 0.4) is 0 Å². The Hall–Kier alpha value is -1.55. The first kappa shape index (κ1) is 15.5. The zero-order valence-corrected chi connectivity index (χ0v) is 11.8. The third-order valence-electron chi connectivity index (χ3n) is 2.85. The van der Waals surface area contributed by atoms with Crippen LogP contribution in [0.2, 0.25) is 0 Å². The Morgan fingerprint density at radius 1 is 1.37 bits per heavy atom. The highest BCUT2D eigenvalue weighted by Crippen LogP contribution is 2.15. The van der Waals surface area contributed by atoms with Crippen molar-refractivity contribution in [1.29, 1.82) is 0 Å². The molecule has 0 bridgehead atoms. The van der Waals surface area contributed by atoms with E-state index in [1.807, 2.05) is 26.8 Å². The maximum Gasteiger partial charge on any atom is 0.335 e. The highest BCUT2D eigenvalue weighted by Gasteiger charge is 2.22. The van der Waals surface area contributed by atoms with Gasteiger partial charge in [-0.3, -0.25) is 0 Å². The summed E-state index contributed by atoms with van der Waals surface area (Å²) in [6.45, 7) is 6.10. The van der Waals surface area contributed by atoms with Gasteiger partial charge in [0.05, 0.1) is 6.10 Å². The third-order valence-corrected chi connectivity index (χ3v) is 2.85. The number of esters is 1. The lowest BCUT2D eigenvalue weighted by atomic mass is 10.1. The predicted octanol–water partition coefficient (Wildman–Crippen LogP) is 2.68. The fourth-order valence-electron chi connectivity index (χ4n) is 1.67. The van der Waals surface area contributed by atoms with E-state index < -0.39 is 6.10 Å². The number of carbonyl (C=O) groups is 1. The first-order valence-electron chi connectivity index (χ1n) is 6.66. The van der Waals surface area contributed by atoms with Crippen LogP contribution >= 0.6 is 0 Å². The smallest absolute Gasteiger partial charge is 0.335 e. The monoisotopic (exact) mass is 266 g/mol. The van der Waals surface area contributed by atoms with Crippen LogP contribution < -0.4 is 0 Å². The molecule has 106 valence electrons. The van der Waals surface area contributed by atoms with Gasteiger partial charge in [0.25, 0.3) is 0 Å². The van der Waals surface area contributed by atoms with Gasteiger partial charge in [0, 0.05) is 13.0 Å². The summed E-state index contributed by atoms with van der Waals surface area (Å²) in [5, 5.41) is 9.42. The van der Waals surface area contributed by atoms with Crippen molar-refractivity contribution in [2.75, 3.05) is 6.61 Å². The average molecular weight is 266 g/mol. The van der Waals surface area contributed by atoms with Crippen LogP contribution in [0.4, 0.5) is 0 Å². The summed E-state index contributed by atoms with van der Waals surface area (Å²) in [5.41, 5.74) is 0.847. The molecule has 1 aromatic rings. The van der Waals surface area contributed by atoms with Crippen LogP contribution in [-0.4, -0.2) is 29.9 Å². The van der Waals surface area contributed by atoms with Crippen LogP contribution in [0.15, 0.2) is 24.3 Å². The number of carbonyl (C=O) groups excluding carboxylic acids is 1. The first-order chi connectivity index (χ1) is 9.06. The highest BCUT2D eigenvalue weighted by atomic mass is 16.6. The van der Waals surface area contributed by atoms with Crippen molar-refractivity contribution in [2.24, 2.45) is 0 Å². The number of hydrogen-bond donors (Lipinski definition) is 1. The summed E-state index contributed by atoms with van der Waals surface area (Å²) in [6, 6.07) is 6.81. The van der Waals surface area contributed by atoms with Crippen molar-refractivity contribution >= 4 is 5.97 Å². The van der Waals surface area contributed by atoms with E-state index in [1.54, 1.807) is 18.2 Å². The maximum atomic E-state index is 12.0. The highest BCUT2D eigenvalue weighted by molar-refractivity contribution is 5.75. The van der Waals surface area contributed by atoms with Gasteiger partial charge in [-0.05, 0) is 38.0 Å². The fraction of sp³-hybridized carbons (Fsp3) is 0.533. The molecule has 1 N–H and O–H groups in total. The van der Waals surface area contributed by atoms with E-state index in [9.17, 15) is 9.90 Å². The van der Waals surface area contributed by atoms with Crippen molar-refractivity contribution in [3.05, 3.63) is 29.8 Å². The van der Waals surface area contributed by atoms with Crippen molar-refractivity contribution in [2.45, 2.75) is 45.8 Å². The third kappa shape index (κ3) is 5.30. The summed E-state index contributed by atoms with van der Waals surface area (Å²) in [7, 11) is 0. The molecule has 1 rings (SSSR count). The summed E-state index contributed by atoms with van der Waals surface area (Å²) in [6.07, 6.45) is 0.439. The normalized spacial score (nSPS) is 13.8. The van der Waals surface area contributed by atoms with E-state index in [0.717, 1.165) is 12.0 Å². The van der Waals surface area contributed by atoms with Gasteiger partial charge >= 0.3 is 5.97 Å². The van der Waals surface area contributed by atoms with Crippen molar-refractivity contribution in [1.82, 2.24) is 0 Å². The van der Waals surface area contributed by atoms with Crippen LogP contribution in [-0.2, 0) is 20.7 Å². The molecule has 2 unspecified atom stereocenters. The molecule has 0 amide bonds. The minimum atomic E-state index is -0.624. The van der Waals surface area contributed by atoms with E-state index in [-0.39, 0.29) is 17.8 Å². The van der Waals surface area contributed by atoms with E-state index in [2.05, 4.69) is 0 Å². The van der Waals surface area contributed by atoms with E-state index in [4.69, 9.17) is 9.47 Å². The van der Waals surface area contributed by atoms with Crippen LogP contribution in [0.25, 0.3) is 0 Å². The van der Waals surface area contributed by atoms with E-state index >= 15 is 0 Å². The molecule has 0 aliphatic heterocycles. The Labute approximate surface area is 114 Å². The topological polar surface area (TPSA) is 55.8 Å². The van der Waals surface area contributed by atoms with Crippen LogP contribution in [0.1, 0.15) is 32.8 Å². The van der Waals surface area contributed by atoms with Gasteiger partial charge in [-0.15, -0.1) is 0 Å². The number of benzene rings is 1. The molecular weight excluding hydrogens is 244 g/mol. The number of hydrogen-bond acceptors (Lipinski definition) is 4. The lowest BCUT2D eigenvalue weighted by Gasteiger charge is -2.19. The lowest BCUT2D eigenvalue weighted by Crippen LogP contribution is -2.31. The Kier molecular flexibility index (Phi) is 6.36. The molecule has 0 heterocycles. The Bertz CT molecular complexity index is 403. The maximum absolute atomic E-state index is 12.0. The zero-order chi connectivity index (χ0) is 14.3. The van der Waals surface area contributed by atoms with Gasteiger partial charge in [-0.2, -0.15) is 0 Å². The SMILES string of the molecule is CCOC(Cc1cccc(O)c1)C(=O)OC(C)CC. The number of ether oxygens (including phenoxy) is 2. The van der Waals surface area contributed by atoms with Crippen molar-refractivity contribution in [3.8, 4) is 5.75 Å². The molecule has 0 aromatic heterocycles. The minimum absolute atomic E-state index is 0.111. The fourth-order valence-corrected chi connectivity index (χ4v) is 1.67. The Morgan fingerprint density at radius 3 is 2.68 bits per heavy atom. The molecule has 1 aromatic carbocycles. The molecule has 0 saturated carbocycles. The van der Waals surface area contributed by atoms with Crippen molar-refractivity contribution in [3.63, 3.8) is 0 Å². The standard InChI is InChI=1S/C15H22O4/c1-4-11(3)19-15(17)14(18-5-2)10-12-7-6-8-13(16)9-12/h6-9,11,14,16H,4-5,10H2,1-3H3. The number of phenols is 1. The Balaban J connectivity index is 2.69. The van der Waals surface area contributed by atoms with Crippen molar-refractivity contribution < 1.29 is 19.4 Å². The Morgan fingerprint density at radius 2 is 2.11 bits per heavy atom. The average Bonchev–Trinajstić information content (AvgIpc) is 2.38. The van der Waals surface area contributed by atoms with Crippen LogP contribution in [0.5, 0.6) is 5.75 Å². The number of phenolic OH excluding ortho intramolecular Hbond substituents is 1. The summed E-state index contributed by atoms with van der Waals surface area (Å²) in [4.78, 5) is 12.0. The summed E-state index contributed by atoms with van der Waals surface area (Å²) >= 11 is 0. The second kappa shape index (κ2) is 7.79. The molecule has 0 aliphatic rings. The molecule has 4 heteroatoms. The molecule has 0 radical (unpaired) electrons. The minimum Gasteiger partial charge on any atom is -0.508 e. The van der Waals surface area contributed by atoms with Gasteiger partial charge < -0.3 is 14.6 Å². The molecule has 0 fully saturated rings. The van der Waals surface area contributed by atoms with Gasteiger partial charge in [0.15, 0.2) is 6.10 Å². The van der Waals surface area contributed by atoms with Gasteiger partial charge in [-0.1, -0.05) is 19.1 Å². The van der Waals surface area contributed by atoms with Gasteiger partial charge in [0.2, 0.25) is 0 Å².